The Hall–Kier alpha value is -3.07. The van der Waals surface area contributed by atoms with Crippen molar-refractivity contribution in [3.8, 4) is 5.75 Å². The van der Waals surface area contributed by atoms with Gasteiger partial charge in [-0.05, 0) is 43.4 Å². The average molecular weight is 434 g/mol. The van der Waals surface area contributed by atoms with Gasteiger partial charge in [-0.3, -0.25) is 15.5 Å². The van der Waals surface area contributed by atoms with Crippen molar-refractivity contribution < 1.29 is 9.53 Å². The van der Waals surface area contributed by atoms with Gasteiger partial charge in [0.2, 0.25) is 0 Å². The van der Waals surface area contributed by atoms with Gasteiger partial charge in [0.05, 0.1) is 6.61 Å². The molecule has 1 amide bonds. The van der Waals surface area contributed by atoms with E-state index in [-0.39, 0.29) is 28.4 Å². The number of aryl methyl sites for hydroxylation is 1. The van der Waals surface area contributed by atoms with E-state index >= 15 is 0 Å². The number of nitrogens with one attached hydrogen (secondary N) is 3. The topological polar surface area (TPSA) is 152 Å². The van der Waals surface area contributed by atoms with E-state index in [4.69, 9.17) is 33.2 Å². The highest BCUT2D eigenvalue weighted by Gasteiger charge is 2.16. The van der Waals surface area contributed by atoms with Crippen LogP contribution >= 0.6 is 11.6 Å². The van der Waals surface area contributed by atoms with Crippen molar-refractivity contribution in [1.82, 2.24) is 20.6 Å². The molecule has 30 heavy (non-hydrogen) atoms. The average Bonchev–Trinajstić information content (AvgIpc) is 2.71. The second-order valence-electron chi connectivity index (χ2n) is 6.69. The van der Waals surface area contributed by atoms with E-state index in [0.29, 0.717) is 6.54 Å². The molecule has 0 unspecified atom stereocenters. The third-order valence-electron chi connectivity index (χ3n) is 4.24. The summed E-state index contributed by atoms with van der Waals surface area (Å²) >= 11 is 5.76. The number of nitrogens with zero attached hydrogens (tertiary/aromatic N) is 2. The quantitative estimate of drug-likeness (QED) is 0.219. The number of hydrogen-bond donors (Lipinski definition) is 5. The Morgan fingerprint density at radius 2 is 1.87 bits per heavy atom. The zero-order valence-electron chi connectivity index (χ0n) is 17.0. The van der Waals surface area contributed by atoms with Crippen molar-refractivity contribution in [3.63, 3.8) is 0 Å². The van der Waals surface area contributed by atoms with Crippen LogP contribution < -0.4 is 26.8 Å². The highest BCUT2D eigenvalue weighted by atomic mass is 35.5. The van der Waals surface area contributed by atoms with Crippen LogP contribution in [-0.4, -0.2) is 35.0 Å². The molecule has 2 rings (SSSR count). The lowest BCUT2D eigenvalue weighted by Crippen LogP contribution is -2.41. The summed E-state index contributed by atoms with van der Waals surface area (Å²) in [5, 5.41) is 12.9. The number of carbonyl (C=O) groups is 1. The molecule has 0 saturated heterocycles. The van der Waals surface area contributed by atoms with Crippen LogP contribution in [0.2, 0.25) is 5.15 Å². The van der Waals surface area contributed by atoms with E-state index in [9.17, 15) is 4.79 Å². The lowest BCUT2D eigenvalue weighted by molar-refractivity contribution is 0.0971. The Balaban J connectivity index is 1.66. The lowest BCUT2D eigenvalue weighted by Gasteiger charge is -2.10. The van der Waals surface area contributed by atoms with Gasteiger partial charge in [-0.15, -0.1) is 0 Å². The summed E-state index contributed by atoms with van der Waals surface area (Å²) in [7, 11) is 0. The van der Waals surface area contributed by atoms with Gasteiger partial charge in [-0.2, -0.15) is 0 Å². The molecule has 9 nitrogen and oxygen atoms in total. The van der Waals surface area contributed by atoms with E-state index in [1.54, 1.807) is 0 Å². The van der Waals surface area contributed by atoms with Crippen LogP contribution in [0.25, 0.3) is 0 Å². The molecule has 7 N–H and O–H groups in total. The van der Waals surface area contributed by atoms with E-state index in [1.807, 2.05) is 12.1 Å². The fourth-order valence-electron chi connectivity index (χ4n) is 2.58. The molecule has 2 aromatic rings. The third kappa shape index (κ3) is 7.40. The maximum Gasteiger partial charge on any atom is 0.280 e. The van der Waals surface area contributed by atoms with E-state index in [1.165, 1.54) is 5.56 Å². The molecule has 0 bridgehead atoms. The molecule has 0 fully saturated rings. The van der Waals surface area contributed by atoms with Crippen LogP contribution in [0, 0.1) is 5.41 Å². The predicted octanol–water partition coefficient (Wildman–Crippen LogP) is 2.75. The number of aromatic nitrogens is 2. The van der Waals surface area contributed by atoms with Crippen molar-refractivity contribution in [3.05, 3.63) is 40.7 Å². The van der Waals surface area contributed by atoms with Crippen LogP contribution in [-0.2, 0) is 6.42 Å². The number of nitrogen functional groups attached to an aromatic ring is 2. The molecule has 0 spiro atoms. The van der Waals surface area contributed by atoms with Gasteiger partial charge in [-0.1, -0.05) is 37.1 Å². The molecule has 0 atom stereocenters. The van der Waals surface area contributed by atoms with Crippen LogP contribution in [0.15, 0.2) is 24.3 Å². The van der Waals surface area contributed by atoms with Gasteiger partial charge >= 0.3 is 0 Å². The van der Waals surface area contributed by atoms with Gasteiger partial charge in [0.25, 0.3) is 5.91 Å². The Bertz CT molecular complexity index is 859. The fourth-order valence-corrected chi connectivity index (χ4v) is 2.71. The number of nitrogens with two attached hydrogens (primary N) is 2. The highest BCUT2D eigenvalue weighted by molar-refractivity contribution is 6.31. The number of anilines is 2. The monoisotopic (exact) mass is 433 g/mol. The van der Waals surface area contributed by atoms with Crippen molar-refractivity contribution in [1.29, 1.82) is 5.41 Å². The highest BCUT2D eigenvalue weighted by Crippen LogP contribution is 2.17. The maximum absolute atomic E-state index is 12.1. The van der Waals surface area contributed by atoms with Crippen molar-refractivity contribution in [2.45, 2.75) is 39.0 Å². The minimum absolute atomic E-state index is 0.0578. The summed E-state index contributed by atoms with van der Waals surface area (Å²) in [4.78, 5) is 19.7. The number of guanidine groups is 1. The molecular formula is C20H28ClN7O2. The zero-order chi connectivity index (χ0) is 21.9. The van der Waals surface area contributed by atoms with Gasteiger partial charge < -0.3 is 21.5 Å². The molecule has 0 aliphatic rings. The molecule has 0 aliphatic carbocycles. The maximum atomic E-state index is 12.1. The first-order chi connectivity index (χ1) is 14.4. The standard InChI is InChI=1S/C20H28ClN7O2/c1-2-3-12-30-14-9-7-13(8-10-14)6-4-5-11-25-20(24)28-19(29)15-17(22)27-18(23)16(21)26-15/h7-10H,2-6,11-12H2,1H3,(H4,22,23,27)(H3,24,25,28,29). The first kappa shape index (κ1) is 23.2. The largest absolute Gasteiger partial charge is 0.494 e. The number of unbranched alkanes of at least 4 members (excludes halogenated alkanes) is 2. The Morgan fingerprint density at radius 3 is 2.57 bits per heavy atom. The van der Waals surface area contributed by atoms with Gasteiger partial charge in [-0.25, -0.2) is 9.97 Å². The number of benzene rings is 1. The summed E-state index contributed by atoms with van der Waals surface area (Å²) < 4.78 is 5.66. The van der Waals surface area contributed by atoms with Crippen LogP contribution in [0.1, 0.15) is 48.7 Å². The second kappa shape index (κ2) is 11.8. The smallest absolute Gasteiger partial charge is 0.280 e. The predicted molar refractivity (Wildman–Crippen MR) is 119 cm³/mol. The van der Waals surface area contributed by atoms with Gasteiger partial charge in [0.1, 0.15) is 5.75 Å². The molecule has 1 aromatic carbocycles. The Kier molecular flexibility index (Phi) is 9.14. The van der Waals surface area contributed by atoms with E-state index in [2.05, 4.69) is 39.7 Å². The SMILES string of the molecule is CCCCOc1ccc(CCCCNC(=N)NC(=O)c2nc(Cl)c(N)nc2N)cc1. The van der Waals surface area contributed by atoms with Crippen molar-refractivity contribution in [2.24, 2.45) is 0 Å². The first-order valence-electron chi connectivity index (χ1n) is 9.84. The molecule has 1 heterocycles. The molecule has 0 radical (unpaired) electrons. The second-order valence-corrected chi connectivity index (χ2v) is 7.05. The normalized spacial score (nSPS) is 10.5. The minimum Gasteiger partial charge on any atom is -0.494 e. The van der Waals surface area contributed by atoms with E-state index in [0.717, 1.165) is 44.5 Å². The Morgan fingerprint density at radius 1 is 1.13 bits per heavy atom. The first-order valence-corrected chi connectivity index (χ1v) is 10.2. The molecule has 162 valence electrons. The van der Waals surface area contributed by atoms with Crippen molar-refractivity contribution in [2.75, 3.05) is 24.6 Å². The molecule has 0 saturated carbocycles. The lowest BCUT2D eigenvalue weighted by atomic mass is 10.1. The summed E-state index contributed by atoms with van der Waals surface area (Å²) in [6.45, 7) is 3.42. The molecular weight excluding hydrogens is 406 g/mol. The number of carbonyl (C=O) groups excluding carboxylic acids is 1. The minimum atomic E-state index is -0.680. The molecule has 10 heteroatoms. The number of hydrogen-bond acceptors (Lipinski definition) is 7. The molecule has 0 aliphatic heterocycles. The van der Waals surface area contributed by atoms with Crippen molar-refractivity contribution >= 4 is 35.1 Å². The van der Waals surface area contributed by atoms with Crippen LogP contribution in [0.5, 0.6) is 5.75 Å². The zero-order valence-corrected chi connectivity index (χ0v) is 17.8. The Labute approximate surface area is 181 Å². The van der Waals surface area contributed by atoms with Gasteiger partial charge in [0.15, 0.2) is 28.4 Å². The summed E-state index contributed by atoms with van der Waals surface area (Å²) in [6.07, 6.45) is 4.87. The van der Waals surface area contributed by atoms with E-state index < -0.39 is 5.91 Å². The number of halogens is 1. The number of amides is 1. The van der Waals surface area contributed by atoms with Crippen LogP contribution in [0.3, 0.4) is 0 Å². The third-order valence-corrected chi connectivity index (χ3v) is 4.52. The summed E-state index contributed by atoms with van der Waals surface area (Å²) in [6, 6.07) is 8.12. The number of ether oxygens (including phenoxy) is 1. The molecule has 1 aromatic heterocycles. The fraction of sp³-hybridized carbons (Fsp3) is 0.400. The van der Waals surface area contributed by atoms with Crippen LogP contribution in [0.4, 0.5) is 11.6 Å². The summed E-state index contributed by atoms with van der Waals surface area (Å²) in [5.41, 5.74) is 12.2. The number of rotatable bonds is 10. The van der Waals surface area contributed by atoms with Gasteiger partial charge in [0, 0.05) is 6.54 Å². The summed E-state index contributed by atoms with van der Waals surface area (Å²) in [5.74, 6) is -0.143.